The van der Waals surface area contributed by atoms with Crippen LogP contribution in [0.25, 0.3) is 22.2 Å². The van der Waals surface area contributed by atoms with Gasteiger partial charge in [-0.05, 0) is 26.0 Å². The molecule has 0 aliphatic carbocycles. The summed E-state index contributed by atoms with van der Waals surface area (Å²) >= 11 is 13.4. The van der Waals surface area contributed by atoms with Gasteiger partial charge >= 0.3 is 0 Å². The lowest BCUT2D eigenvalue weighted by atomic mass is 9.96. The summed E-state index contributed by atoms with van der Waals surface area (Å²) in [6.45, 7) is 5.99. The molecule has 0 atom stereocenters. The molecule has 14 nitrogen and oxygen atoms in total. The molecule has 260 valence electrons. The van der Waals surface area contributed by atoms with Gasteiger partial charge in [-0.1, -0.05) is 23.2 Å². The monoisotopic (exact) mass is 712 g/mol. The predicted octanol–water partition coefficient (Wildman–Crippen LogP) is 3.05. The van der Waals surface area contributed by atoms with Crippen molar-refractivity contribution in [2.45, 2.75) is 32.0 Å². The van der Waals surface area contributed by atoms with Crippen LogP contribution in [0.2, 0.25) is 10.0 Å². The number of nitriles is 1. The Balaban J connectivity index is 1.32. The van der Waals surface area contributed by atoms with Crippen LogP contribution < -0.4 is 20.3 Å². The minimum Gasteiger partial charge on any atom is -0.495 e. The predicted molar refractivity (Wildman–Crippen MR) is 185 cm³/mol. The number of methoxy groups -OCH3 is 2. The lowest BCUT2D eigenvalue weighted by molar-refractivity contribution is -0.140. The molecule has 0 saturated carbocycles. The van der Waals surface area contributed by atoms with E-state index in [9.17, 15) is 19.6 Å². The number of hydrogen-bond donors (Lipinski definition) is 1. The Morgan fingerprint density at radius 3 is 2.41 bits per heavy atom. The third kappa shape index (κ3) is 7.16. The number of aromatic nitrogens is 3. The fourth-order valence-electron chi connectivity index (χ4n) is 5.82. The Morgan fingerprint density at radius 1 is 1.14 bits per heavy atom. The first-order valence-electron chi connectivity index (χ1n) is 15.5. The summed E-state index contributed by atoms with van der Waals surface area (Å²) in [6.07, 6.45) is 2.92. The van der Waals surface area contributed by atoms with Crippen molar-refractivity contribution in [1.29, 1.82) is 5.26 Å². The first-order valence-corrected chi connectivity index (χ1v) is 16.3. The molecule has 2 aromatic heterocycles. The number of nitrogens with one attached hydrogen (secondary N) is 1. The summed E-state index contributed by atoms with van der Waals surface area (Å²) in [5, 5.41) is 13.6. The standard InChI is InChI=1S/C33H38Cl2N8O6/c1-33(2,42-8-7-40(4)25(44)18-42)13-20(14-36)30(45)41-16-21(17-41)49-10-9-43-29-19(15-38-32(37-3)39-29)11-22(31(43)46)26-27(34)23(47-5)12-24(48-6)28(26)35/h11-13,15,21H,7-10,16-18H2,1-6H3,(H,37,38,39)/b20-13-. The van der Waals surface area contributed by atoms with Crippen molar-refractivity contribution >= 4 is 52.0 Å². The van der Waals surface area contributed by atoms with E-state index in [-0.39, 0.29) is 83.0 Å². The maximum Gasteiger partial charge on any atom is 0.264 e. The zero-order chi connectivity index (χ0) is 35.6. The summed E-state index contributed by atoms with van der Waals surface area (Å²) in [6, 6.07) is 5.20. The lowest BCUT2D eigenvalue weighted by Crippen LogP contribution is -2.57. The highest BCUT2D eigenvalue weighted by Gasteiger charge is 2.36. The number of benzene rings is 1. The Labute approximate surface area is 293 Å². The highest BCUT2D eigenvalue weighted by Crippen LogP contribution is 2.45. The van der Waals surface area contributed by atoms with Crippen molar-refractivity contribution in [3.63, 3.8) is 0 Å². The molecule has 5 rings (SSSR count). The van der Waals surface area contributed by atoms with Gasteiger partial charge < -0.3 is 29.3 Å². The zero-order valence-corrected chi connectivity index (χ0v) is 29.7. The van der Waals surface area contributed by atoms with Crippen LogP contribution in [-0.2, 0) is 20.9 Å². The van der Waals surface area contributed by atoms with Gasteiger partial charge in [-0.2, -0.15) is 10.2 Å². The fourth-order valence-corrected chi connectivity index (χ4v) is 6.52. The molecule has 0 radical (unpaired) electrons. The van der Waals surface area contributed by atoms with Gasteiger partial charge in [0.2, 0.25) is 11.9 Å². The fraction of sp³-hybridized carbons (Fsp3) is 0.455. The molecule has 1 aromatic carbocycles. The van der Waals surface area contributed by atoms with Crippen LogP contribution in [0.4, 0.5) is 5.95 Å². The third-order valence-electron chi connectivity index (χ3n) is 8.82. The first kappa shape index (κ1) is 35.9. The SMILES string of the molecule is CNc1ncc2cc(-c3c(Cl)c(OC)cc(OC)c3Cl)c(=O)n(CCOC3CN(C(=O)/C(C#N)=C\C(C)(C)N4CCN(C)C(=O)C4)C3)c2n1. The number of ether oxygens (including phenoxy) is 3. The second-order valence-electron chi connectivity index (χ2n) is 12.3. The number of pyridine rings is 1. The quantitative estimate of drug-likeness (QED) is 0.230. The van der Waals surface area contributed by atoms with Crippen LogP contribution >= 0.6 is 23.2 Å². The van der Waals surface area contributed by atoms with Crippen LogP contribution in [0.3, 0.4) is 0 Å². The molecule has 3 aromatic rings. The van der Waals surface area contributed by atoms with Gasteiger partial charge in [0.25, 0.3) is 11.5 Å². The van der Waals surface area contributed by atoms with Crippen LogP contribution in [0.15, 0.2) is 34.8 Å². The molecule has 2 aliphatic heterocycles. The molecule has 1 N–H and O–H groups in total. The number of hydrogen-bond acceptors (Lipinski definition) is 11. The van der Waals surface area contributed by atoms with Gasteiger partial charge in [0, 0.05) is 69.0 Å². The zero-order valence-electron chi connectivity index (χ0n) is 28.2. The van der Waals surface area contributed by atoms with Crippen molar-refractivity contribution in [3.05, 3.63) is 50.4 Å². The molecule has 0 unspecified atom stereocenters. The maximum absolute atomic E-state index is 14.1. The largest absolute Gasteiger partial charge is 0.495 e. The highest BCUT2D eigenvalue weighted by atomic mass is 35.5. The molecule has 16 heteroatoms. The minimum absolute atomic E-state index is 0.00896. The number of likely N-dealkylation sites (N-methyl/N-ethyl adjacent to an activating group) is 1. The number of fused-ring (bicyclic) bond motifs is 1. The minimum atomic E-state index is -0.676. The van der Waals surface area contributed by atoms with Crippen molar-refractivity contribution in [1.82, 2.24) is 29.2 Å². The summed E-state index contributed by atoms with van der Waals surface area (Å²) in [5.74, 6) is 0.483. The van der Waals surface area contributed by atoms with Crippen molar-refractivity contribution in [3.8, 4) is 28.7 Å². The first-order chi connectivity index (χ1) is 23.3. The molecule has 0 bridgehead atoms. The van der Waals surface area contributed by atoms with Crippen LogP contribution in [0.5, 0.6) is 11.5 Å². The van der Waals surface area contributed by atoms with Gasteiger partial charge in [-0.3, -0.25) is 23.9 Å². The van der Waals surface area contributed by atoms with E-state index < -0.39 is 17.0 Å². The number of halogens is 2. The van der Waals surface area contributed by atoms with E-state index >= 15 is 0 Å². The van der Waals surface area contributed by atoms with E-state index in [1.807, 2.05) is 24.8 Å². The smallest absolute Gasteiger partial charge is 0.264 e. The molecule has 49 heavy (non-hydrogen) atoms. The number of rotatable bonds is 11. The maximum atomic E-state index is 14.1. The van der Waals surface area contributed by atoms with Crippen molar-refractivity contribution in [2.75, 3.05) is 73.0 Å². The Kier molecular flexibility index (Phi) is 10.7. The summed E-state index contributed by atoms with van der Waals surface area (Å²) in [4.78, 5) is 53.5. The Hall–Kier alpha value is -4.42. The van der Waals surface area contributed by atoms with E-state index in [1.54, 1.807) is 48.3 Å². The van der Waals surface area contributed by atoms with Gasteiger partial charge in [-0.25, -0.2) is 4.98 Å². The number of carbonyl (C=O) groups is 2. The van der Waals surface area contributed by atoms with Gasteiger partial charge in [0.1, 0.15) is 28.8 Å². The summed E-state index contributed by atoms with van der Waals surface area (Å²) in [5.41, 5.74) is -0.274. The number of amides is 2. The average Bonchev–Trinajstić information content (AvgIpc) is 3.06. The number of carbonyl (C=O) groups excluding carboxylic acids is 2. The summed E-state index contributed by atoms with van der Waals surface area (Å²) < 4.78 is 18.4. The van der Waals surface area contributed by atoms with Gasteiger partial charge in [0.05, 0.1) is 55.6 Å². The topological polar surface area (TPSA) is 155 Å². The molecule has 2 aliphatic rings. The Morgan fingerprint density at radius 2 is 1.82 bits per heavy atom. The molecular weight excluding hydrogens is 675 g/mol. The number of anilines is 1. The van der Waals surface area contributed by atoms with E-state index in [4.69, 9.17) is 37.4 Å². The molecule has 0 spiro atoms. The molecule has 2 amide bonds. The van der Waals surface area contributed by atoms with E-state index in [0.717, 1.165) is 0 Å². The van der Waals surface area contributed by atoms with Crippen LogP contribution in [-0.4, -0.2) is 120 Å². The number of nitrogens with zero attached hydrogens (tertiary/aromatic N) is 7. The van der Waals surface area contributed by atoms with Crippen LogP contribution in [0, 0.1) is 11.3 Å². The van der Waals surface area contributed by atoms with Gasteiger partial charge in [-0.15, -0.1) is 0 Å². The second-order valence-corrected chi connectivity index (χ2v) is 13.0. The Bertz CT molecular complexity index is 1890. The normalized spacial score (nSPS) is 16.1. The van der Waals surface area contributed by atoms with Crippen molar-refractivity contribution < 1.29 is 23.8 Å². The average molecular weight is 714 g/mol. The van der Waals surface area contributed by atoms with Crippen LogP contribution in [0.1, 0.15) is 13.8 Å². The number of likely N-dealkylation sites (tertiary alicyclic amines) is 1. The van der Waals surface area contributed by atoms with Crippen molar-refractivity contribution in [2.24, 2.45) is 0 Å². The molecule has 2 fully saturated rings. The van der Waals surface area contributed by atoms with E-state index in [2.05, 4.69) is 15.3 Å². The number of piperazine rings is 1. The van der Waals surface area contributed by atoms with Gasteiger partial charge in [0.15, 0.2) is 0 Å². The molecule has 4 heterocycles. The lowest BCUT2D eigenvalue weighted by Gasteiger charge is -2.42. The summed E-state index contributed by atoms with van der Waals surface area (Å²) in [7, 11) is 6.33. The molecular formula is C33H38Cl2N8O6. The third-order valence-corrected chi connectivity index (χ3v) is 9.57. The molecule has 2 saturated heterocycles. The van der Waals surface area contributed by atoms with E-state index in [0.29, 0.717) is 30.1 Å². The highest BCUT2D eigenvalue weighted by molar-refractivity contribution is 6.41. The second kappa shape index (κ2) is 14.6. The van der Waals surface area contributed by atoms with E-state index in [1.165, 1.54) is 18.8 Å².